The molecule has 2 aromatic heterocycles. The molecule has 0 radical (unpaired) electrons. The Morgan fingerprint density at radius 1 is 1.17 bits per heavy atom. The molecular weight excluding hydrogens is 269 g/mol. The van der Waals surface area contributed by atoms with Crippen LogP contribution in [0.4, 0.5) is 0 Å². The summed E-state index contributed by atoms with van der Waals surface area (Å²) in [7, 11) is 0. The molecule has 0 fully saturated rings. The number of fused-ring (bicyclic) bond motifs is 1. The van der Waals surface area contributed by atoms with E-state index in [1.165, 1.54) is 0 Å². The Kier molecular flexibility index (Phi) is 2.94. The zero-order valence-corrected chi connectivity index (χ0v) is 10.9. The Morgan fingerprint density at radius 3 is 2.89 bits per heavy atom. The zero-order valence-electron chi connectivity index (χ0n) is 9.35. The molecule has 0 spiro atoms. The van der Waals surface area contributed by atoms with Crippen LogP contribution in [0, 0.1) is 0 Å². The van der Waals surface area contributed by atoms with Crippen molar-refractivity contribution in [3.63, 3.8) is 0 Å². The lowest BCUT2D eigenvalue weighted by atomic mass is 10.2. The van der Waals surface area contributed by atoms with Crippen LogP contribution in [0.15, 0.2) is 42.7 Å². The molecule has 3 nitrogen and oxygen atoms in total. The van der Waals surface area contributed by atoms with Gasteiger partial charge < -0.3 is 4.57 Å². The molecule has 2 heterocycles. The third-order valence-electron chi connectivity index (χ3n) is 2.71. The van der Waals surface area contributed by atoms with E-state index >= 15 is 0 Å². The largest absolute Gasteiger partial charge is 0.328 e. The fourth-order valence-electron chi connectivity index (χ4n) is 1.91. The maximum atomic E-state index is 5.97. The van der Waals surface area contributed by atoms with Gasteiger partial charge in [-0.1, -0.05) is 23.7 Å². The van der Waals surface area contributed by atoms with Gasteiger partial charge in [-0.15, -0.1) is 0 Å². The lowest BCUT2D eigenvalue weighted by molar-refractivity contribution is 0.824. The number of hydrogen-bond acceptors (Lipinski definition) is 2. The average molecular weight is 278 g/mol. The summed E-state index contributed by atoms with van der Waals surface area (Å²) >= 11 is 11.8. The molecule has 0 aliphatic heterocycles. The maximum absolute atomic E-state index is 5.97. The van der Waals surface area contributed by atoms with Gasteiger partial charge in [-0.3, -0.25) is 0 Å². The molecule has 0 N–H and O–H groups in total. The SMILES string of the molecule is Clc1cccc(Cn2ccc3cnc(Cl)nc32)c1. The Labute approximate surface area is 114 Å². The average Bonchev–Trinajstić information content (AvgIpc) is 2.72. The fourth-order valence-corrected chi connectivity index (χ4v) is 2.25. The molecule has 18 heavy (non-hydrogen) atoms. The van der Waals surface area contributed by atoms with Crippen molar-refractivity contribution in [3.05, 3.63) is 58.6 Å². The van der Waals surface area contributed by atoms with Crippen LogP contribution in [0.1, 0.15) is 5.56 Å². The van der Waals surface area contributed by atoms with Gasteiger partial charge in [0.05, 0.1) is 0 Å². The van der Waals surface area contributed by atoms with Crippen LogP contribution in [0.2, 0.25) is 10.3 Å². The van der Waals surface area contributed by atoms with Crippen molar-refractivity contribution in [2.75, 3.05) is 0 Å². The topological polar surface area (TPSA) is 30.7 Å². The van der Waals surface area contributed by atoms with Crippen molar-refractivity contribution in [1.29, 1.82) is 0 Å². The lowest BCUT2D eigenvalue weighted by Gasteiger charge is -2.05. The normalized spacial score (nSPS) is 11.0. The summed E-state index contributed by atoms with van der Waals surface area (Å²) in [4.78, 5) is 8.20. The minimum atomic E-state index is 0.258. The molecule has 3 rings (SSSR count). The Morgan fingerprint density at radius 2 is 2.06 bits per heavy atom. The zero-order chi connectivity index (χ0) is 12.5. The molecule has 0 amide bonds. The highest BCUT2D eigenvalue weighted by Gasteiger charge is 2.05. The van der Waals surface area contributed by atoms with Crippen molar-refractivity contribution in [3.8, 4) is 0 Å². The van der Waals surface area contributed by atoms with E-state index in [4.69, 9.17) is 23.2 Å². The van der Waals surface area contributed by atoms with Gasteiger partial charge >= 0.3 is 0 Å². The van der Waals surface area contributed by atoms with E-state index in [9.17, 15) is 0 Å². The van der Waals surface area contributed by atoms with Gasteiger partial charge in [0.1, 0.15) is 5.65 Å². The first kappa shape index (κ1) is 11.5. The van der Waals surface area contributed by atoms with Crippen LogP contribution in [-0.2, 0) is 6.54 Å². The molecule has 0 unspecified atom stereocenters. The van der Waals surface area contributed by atoms with Crippen molar-refractivity contribution in [2.24, 2.45) is 0 Å². The van der Waals surface area contributed by atoms with Crippen molar-refractivity contribution >= 4 is 34.2 Å². The highest BCUT2D eigenvalue weighted by Crippen LogP contribution is 2.17. The number of hydrogen-bond donors (Lipinski definition) is 0. The standard InChI is InChI=1S/C13H9Cl2N3/c14-11-3-1-2-9(6-11)8-18-5-4-10-7-16-13(15)17-12(10)18/h1-7H,8H2. The Hall–Kier alpha value is -1.58. The first-order valence-corrected chi connectivity index (χ1v) is 6.20. The van der Waals surface area contributed by atoms with Gasteiger partial charge in [-0.25, -0.2) is 4.98 Å². The third-order valence-corrected chi connectivity index (χ3v) is 3.13. The number of aromatic nitrogens is 3. The number of benzene rings is 1. The van der Waals surface area contributed by atoms with Crippen LogP contribution in [-0.4, -0.2) is 14.5 Å². The summed E-state index contributed by atoms with van der Waals surface area (Å²) in [6, 6.07) is 9.73. The second-order valence-corrected chi connectivity index (χ2v) is 4.77. The molecule has 0 saturated heterocycles. The molecule has 0 atom stereocenters. The molecule has 1 aromatic carbocycles. The minimum Gasteiger partial charge on any atom is -0.328 e. The highest BCUT2D eigenvalue weighted by atomic mass is 35.5. The van der Waals surface area contributed by atoms with E-state index in [2.05, 4.69) is 9.97 Å². The van der Waals surface area contributed by atoms with Crippen LogP contribution in [0.5, 0.6) is 0 Å². The second kappa shape index (κ2) is 4.59. The van der Waals surface area contributed by atoms with E-state index in [-0.39, 0.29) is 5.28 Å². The lowest BCUT2D eigenvalue weighted by Crippen LogP contribution is -1.99. The van der Waals surface area contributed by atoms with Gasteiger partial charge in [-0.2, -0.15) is 4.98 Å². The van der Waals surface area contributed by atoms with Crippen molar-refractivity contribution < 1.29 is 0 Å². The van der Waals surface area contributed by atoms with Gasteiger partial charge in [0.2, 0.25) is 5.28 Å². The summed E-state index contributed by atoms with van der Waals surface area (Å²) in [5.41, 5.74) is 1.95. The van der Waals surface area contributed by atoms with Crippen LogP contribution in [0.3, 0.4) is 0 Å². The van der Waals surface area contributed by atoms with E-state index in [1.807, 2.05) is 41.1 Å². The summed E-state index contributed by atoms with van der Waals surface area (Å²) in [5.74, 6) is 0. The molecule has 0 aliphatic rings. The fraction of sp³-hybridized carbons (Fsp3) is 0.0769. The minimum absolute atomic E-state index is 0.258. The molecule has 5 heteroatoms. The van der Waals surface area contributed by atoms with Gasteiger partial charge in [0.25, 0.3) is 0 Å². The first-order valence-electron chi connectivity index (χ1n) is 5.44. The van der Waals surface area contributed by atoms with Gasteiger partial charge in [-0.05, 0) is 35.4 Å². The molecule has 3 aromatic rings. The molecule has 0 bridgehead atoms. The Balaban J connectivity index is 2.02. The van der Waals surface area contributed by atoms with E-state index in [1.54, 1.807) is 6.20 Å². The molecule has 0 saturated carbocycles. The van der Waals surface area contributed by atoms with E-state index < -0.39 is 0 Å². The summed E-state index contributed by atoms with van der Waals surface area (Å²) in [6.07, 6.45) is 3.69. The number of halogens is 2. The Bertz CT molecular complexity index is 706. The third kappa shape index (κ3) is 2.19. The smallest absolute Gasteiger partial charge is 0.224 e. The van der Waals surface area contributed by atoms with Crippen LogP contribution < -0.4 is 0 Å². The predicted octanol–water partition coefficient (Wildman–Crippen LogP) is 3.79. The quantitative estimate of drug-likeness (QED) is 0.668. The van der Waals surface area contributed by atoms with Gasteiger partial charge in [0.15, 0.2) is 0 Å². The summed E-state index contributed by atoms with van der Waals surface area (Å²) < 4.78 is 2.02. The number of rotatable bonds is 2. The van der Waals surface area contributed by atoms with Crippen molar-refractivity contribution in [1.82, 2.24) is 14.5 Å². The highest BCUT2D eigenvalue weighted by molar-refractivity contribution is 6.30. The summed E-state index contributed by atoms with van der Waals surface area (Å²) in [5, 5.41) is 1.96. The van der Waals surface area contributed by atoms with Crippen LogP contribution in [0.25, 0.3) is 11.0 Å². The molecular formula is C13H9Cl2N3. The van der Waals surface area contributed by atoms with E-state index in [0.29, 0.717) is 6.54 Å². The first-order chi connectivity index (χ1) is 8.72. The number of nitrogens with zero attached hydrogens (tertiary/aromatic N) is 3. The molecule has 90 valence electrons. The van der Waals surface area contributed by atoms with E-state index in [0.717, 1.165) is 21.6 Å². The van der Waals surface area contributed by atoms with Gasteiger partial charge in [0, 0.05) is 29.3 Å². The maximum Gasteiger partial charge on any atom is 0.224 e. The molecule has 0 aliphatic carbocycles. The second-order valence-electron chi connectivity index (χ2n) is 3.99. The van der Waals surface area contributed by atoms with Crippen LogP contribution >= 0.6 is 23.2 Å². The monoisotopic (exact) mass is 277 g/mol. The summed E-state index contributed by atoms with van der Waals surface area (Å²) in [6.45, 7) is 0.706. The predicted molar refractivity (Wildman–Crippen MR) is 73.1 cm³/mol. The van der Waals surface area contributed by atoms with Crippen molar-refractivity contribution in [2.45, 2.75) is 6.54 Å².